The third-order valence-corrected chi connectivity index (χ3v) is 6.51. The lowest BCUT2D eigenvalue weighted by Crippen LogP contribution is -2.42. The number of amides is 1. The van der Waals surface area contributed by atoms with Crippen molar-refractivity contribution < 1.29 is 17.9 Å². The number of halogens is 2. The first-order valence-electron chi connectivity index (χ1n) is 8.73. The summed E-state index contributed by atoms with van der Waals surface area (Å²) in [5.74, 6) is 0.337. The largest absolute Gasteiger partial charge is 0.490 e. The number of anilines is 2. The van der Waals surface area contributed by atoms with Crippen LogP contribution in [-0.2, 0) is 14.8 Å². The summed E-state index contributed by atoms with van der Waals surface area (Å²) in [6.45, 7) is 7.76. The Kier molecular flexibility index (Phi) is 5.85. The summed E-state index contributed by atoms with van der Waals surface area (Å²) < 4.78 is 33.9. The lowest BCUT2D eigenvalue weighted by Gasteiger charge is -2.27. The molecule has 1 amide bonds. The van der Waals surface area contributed by atoms with Crippen molar-refractivity contribution in [1.29, 1.82) is 0 Å². The second-order valence-corrected chi connectivity index (χ2v) is 9.73. The Morgan fingerprint density at radius 3 is 2.66 bits per heavy atom. The molecule has 1 heterocycles. The molecule has 1 aliphatic heterocycles. The smallest absolute Gasteiger partial charge is 0.263 e. The number of nitrogens with zero attached hydrogens (tertiary/aromatic N) is 1. The molecule has 0 unspecified atom stereocenters. The Hall–Kier alpha value is -2.22. The molecule has 1 aliphatic rings. The third kappa shape index (κ3) is 4.37. The molecule has 0 atom stereocenters. The molecule has 0 radical (unpaired) electrons. The zero-order valence-electron chi connectivity index (χ0n) is 15.9. The molecule has 0 saturated carbocycles. The lowest BCUT2D eigenvalue weighted by molar-refractivity contribution is -0.127. The highest BCUT2D eigenvalue weighted by atomic mass is 35.5. The number of sulfonamides is 1. The fraction of sp³-hybridized carbons (Fsp3) is 0.250. The van der Waals surface area contributed by atoms with Crippen LogP contribution in [0.2, 0.25) is 10.0 Å². The fourth-order valence-corrected chi connectivity index (χ4v) is 4.73. The zero-order valence-corrected chi connectivity index (χ0v) is 18.2. The van der Waals surface area contributed by atoms with Crippen molar-refractivity contribution in [1.82, 2.24) is 0 Å². The first kappa shape index (κ1) is 21.5. The van der Waals surface area contributed by atoms with E-state index in [-0.39, 0.29) is 39.7 Å². The van der Waals surface area contributed by atoms with Crippen molar-refractivity contribution in [2.75, 3.05) is 22.8 Å². The molecule has 0 saturated heterocycles. The molecular formula is C20H20Cl2N2O4S. The highest BCUT2D eigenvalue weighted by Gasteiger charge is 2.37. The predicted octanol–water partition coefficient (Wildman–Crippen LogP) is 4.73. The van der Waals surface area contributed by atoms with Crippen molar-refractivity contribution in [3.8, 4) is 5.75 Å². The summed E-state index contributed by atoms with van der Waals surface area (Å²) in [4.78, 5) is 14.3. The average Bonchev–Trinajstić information content (AvgIpc) is 2.74. The van der Waals surface area contributed by atoms with Gasteiger partial charge in [0.25, 0.3) is 10.0 Å². The monoisotopic (exact) mass is 454 g/mol. The van der Waals surface area contributed by atoms with Crippen molar-refractivity contribution >= 4 is 50.5 Å². The van der Waals surface area contributed by atoms with E-state index in [9.17, 15) is 13.2 Å². The Bertz CT molecular complexity index is 1080. The quantitative estimate of drug-likeness (QED) is 0.662. The van der Waals surface area contributed by atoms with Crippen LogP contribution in [-0.4, -0.2) is 27.5 Å². The van der Waals surface area contributed by atoms with E-state index in [1.807, 2.05) is 0 Å². The van der Waals surface area contributed by atoms with Gasteiger partial charge in [-0.1, -0.05) is 29.3 Å². The van der Waals surface area contributed by atoms with Gasteiger partial charge >= 0.3 is 0 Å². The van der Waals surface area contributed by atoms with E-state index in [2.05, 4.69) is 11.3 Å². The molecule has 1 N–H and O–H groups in total. The maximum Gasteiger partial charge on any atom is 0.263 e. The lowest BCUT2D eigenvalue weighted by atomic mass is 9.93. The van der Waals surface area contributed by atoms with Gasteiger partial charge in [0.15, 0.2) is 0 Å². The molecule has 29 heavy (non-hydrogen) atoms. The van der Waals surface area contributed by atoms with Gasteiger partial charge in [-0.2, -0.15) is 0 Å². The number of nitrogens with one attached hydrogen (secondary N) is 1. The number of rotatable bonds is 5. The number of hydrogen-bond donors (Lipinski definition) is 1. The molecule has 6 nitrogen and oxygen atoms in total. The van der Waals surface area contributed by atoms with Crippen molar-refractivity contribution in [2.45, 2.75) is 18.7 Å². The van der Waals surface area contributed by atoms with Crippen LogP contribution in [0.4, 0.5) is 11.4 Å². The van der Waals surface area contributed by atoms with Crippen LogP contribution < -0.4 is 14.4 Å². The molecule has 3 rings (SSSR count). The standard InChI is InChI=1S/C20H20Cl2N2O4S/c1-4-9-24-16-11-14(6-8-17(16)28-12-20(2,3)19(24)25)23-29(26,27)18-10-13(21)5-7-15(18)22/h4-8,10-11,23H,1,9,12H2,2-3H3. The second-order valence-electron chi connectivity index (χ2n) is 7.24. The van der Waals surface area contributed by atoms with E-state index < -0.39 is 15.4 Å². The Balaban J connectivity index is 2.02. The first-order valence-corrected chi connectivity index (χ1v) is 11.0. The van der Waals surface area contributed by atoms with E-state index in [1.165, 1.54) is 23.1 Å². The molecule has 154 valence electrons. The van der Waals surface area contributed by atoms with Gasteiger partial charge < -0.3 is 9.64 Å². The molecule has 0 aromatic heterocycles. The van der Waals surface area contributed by atoms with Gasteiger partial charge in [0.05, 0.1) is 21.8 Å². The van der Waals surface area contributed by atoms with Crippen molar-refractivity contribution in [2.24, 2.45) is 5.41 Å². The van der Waals surface area contributed by atoms with Crippen molar-refractivity contribution in [3.05, 3.63) is 59.1 Å². The number of fused-ring (bicyclic) bond motifs is 1. The van der Waals surface area contributed by atoms with Crippen LogP contribution in [0.25, 0.3) is 0 Å². The van der Waals surface area contributed by atoms with Gasteiger partial charge in [-0.15, -0.1) is 6.58 Å². The number of carbonyl (C=O) groups is 1. The van der Waals surface area contributed by atoms with Crippen LogP contribution in [0.15, 0.2) is 53.9 Å². The van der Waals surface area contributed by atoms with Gasteiger partial charge in [-0.05, 0) is 50.2 Å². The molecule has 9 heteroatoms. The first-order chi connectivity index (χ1) is 13.5. The van der Waals surface area contributed by atoms with E-state index in [0.717, 1.165) is 0 Å². The molecule has 2 aromatic rings. The normalized spacial score (nSPS) is 15.9. The second kappa shape index (κ2) is 7.89. The zero-order chi connectivity index (χ0) is 21.4. The minimum Gasteiger partial charge on any atom is -0.490 e. The number of hydrogen-bond acceptors (Lipinski definition) is 4. The minimum atomic E-state index is -4.00. The van der Waals surface area contributed by atoms with E-state index >= 15 is 0 Å². The van der Waals surface area contributed by atoms with E-state index in [4.69, 9.17) is 27.9 Å². The highest BCUT2D eigenvalue weighted by Crippen LogP contribution is 2.39. The third-order valence-electron chi connectivity index (χ3n) is 4.41. The van der Waals surface area contributed by atoms with E-state index in [0.29, 0.717) is 11.4 Å². The Labute approximate surface area is 180 Å². The predicted molar refractivity (Wildman–Crippen MR) is 116 cm³/mol. The number of benzene rings is 2. The Morgan fingerprint density at radius 2 is 1.97 bits per heavy atom. The summed E-state index contributed by atoms with van der Waals surface area (Å²) in [6, 6.07) is 8.92. The summed E-state index contributed by atoms with van der Waals surface area (Å²) >= 11 is 12.0. The van der Waals surface area contributed by atoms with Crippen LogP contribution in [0.1, 0.15) is 13.8 Å². The molecule has 0 aliphatic carbocycles. The maximum atomic E-state index is 12.9. The molecule has 2 aromatic carbocycles. The summed E-state index contributed by atoms with van der Waals surface area (Å²) in [5.41, 5.74) is -0.0291. The highest BCUT2D eigenvalue weighted by molar-refractivity contribution is 7.92. The molecule has 0 bridgehead atoms. The molecule has 0 fully saturated rings. The van der Waals surface area contributed by atoms with Crippen LogP contribution in [0, 0.1) is 5.41 Å². The summed E-state index contributed by atoms with van der Waals surface area (Å²) in [6.07, 6.45) is 1.60. The number of carbonyl (C=O) groups excluding carboxylic acids is 1. The van der Waals surface area contributed by atoms with Crippen molar-refractivity contribution in [3.63, 3.8) is 0 Å². The molecule has 0 spiro atoms. The van der Waals surface area contributed by atoms with Crippen LogP contribution in [0.5, 0.6) is 5.75 Å². The fourth-order valence-electron chi connectivity index (χ4n) is 2.91. The summed E-state index contributed by atoms with van der Waals surface area (Å²) in [7, 11) is -4.00. The van der Waals surface area contributed by atoms with Gasteiger partial charge in [-0.3, -0.25) is 9.52 Å². The van der Waals surface area contributed by atoms with Gasteiger partial charge in [0.2, 0.25) is 5.91 Å². The SMILES string of the molecule is C=CCN1C(=O)C(C)(C)COc2ccc(NS(=O)(=O)c3cc(Cl)ccc3Cl)cc21. The molecular weight excluding hydrogens is 435 g/mol. The van der Waals surface area contributed by atoms with Crippen LogP contribution in [0.3, 0.4) is 0 Å². The Morgan fingerprint density at radius 1 is 1.24 bits per heavy atom. The van der Waals surface area contributed by atoms with Gasteiger partial charge in [0.1, 0.15) is 17.3 Å². The summed E-state index contributed by atoms with van der Waals surface area (Å²) in [5, 5.41) is 0.292. The van der Waals surface area contributed by atoms with Crippen LogP contribution >= 0.6 is 23.2 Å². The topological polar surface area (TPSA) is 75.7 Å². The number of ether oxygens (including phenoxy) is 1. The average molecular weight is 455 g/mol. The van der Waals surface area contributed by atoms with E-state index in [1.54, 1.807) is 38.1 Å². The van der Waals surface area contributed by atoms with Gasteiger partial charge in [-0.25, -0.2) is 8.42 Å². The van der Waals surface area contributed by atoms with Gasteiger partial charge in [0, 0.05) is 11.6 Å². The maximum absolute atomic E-state index is 12.9. The minimum absolute atomic E-state index is 0.0465.